The lowest BCUT2D eigenvalue weighted by molar-refractivity contribution is 0.0273. The number of aromatic nitrogens is 11. The van der Waals surface area contributed by atoms with Gasteiger partial charge in [0.15, 0.2) is 5.65 Å². The molecule has 2 fully saturated rings. The third-order valence-corrected chi connectivity index (χ3v) is 7.66. The second kappa shape index (κ2) is 10.4. The van der Waals surface area contributed by atoms with Crippen LogP contribution in [0.5, 0.6) is 0 Å². The summed E-state index contributed by atoms with van der Waals surface area (Å²) in [5.41, 5.74) is 4.72. The molecule has 206 valence electrons. The van der Waals surface area contributed by atoms with Gasteiger partial charge in [0, 0.05) is 61.6 Å². The summed E-state index contributed by atoms with van der Waals surface area (Å²) in [5.74, 6) is 0.682. The Morgan fingerprint density at radius 1 is 0.875 bits per heavy atom. The molecule has 0 bridgehead atoms. The second-order valence-electron chi connectivity index (χ2n) is 10.5. The lowest BCUT2D eigenvalue weighted by Gasteiger charge is -2.32. The zero-order valence-electron chi connectivity index (χ0n) is 22.6. The average molecular weight is 542 g/mol. The summed E-state index contributed by atoms with van der Waals surface area (Å²) in [6.07, 6.45) is 15.2. The predicted octanol–water partition coefficient (Wildman–Crippen LogP) is 1.45. The summed E-state index contributed by atoms with van der Waals surface area (Å²) in [4.78, 5) is 23.1. The van der Waals surface area contributed by atoms with Crippen molar-refractivity contribution < 1.29 is 4.74 Å². The molecule has 0 N–H and O–H groups in total. The fourth-order valence-corrected chi connectivity index (χ4v) is 5.36. The van der Waals surface area contributed by atoms with Gasteiger partial charge in [0.25, 0.3) is 0 Å². The lowest BCUT2D eigenvalue weighted by atomic mass is 10.1. The molecule has 2 saturated heterocycles. The van der Waals surface area contributed by atoms with Gasteiger partial charge in [0.05, 0.1) is 49.6 Å². The number of nitrogens with zero attached hydrogens (tertiary/aromatic N) is 13. The molecule has 40 heavy (non-hydrogen) atoms. The number of hydrogen-bond donors (Lipinski definition) is 0. The first-order chi connectivity index (χ1) is 19.6. The topological polar surface area (TPSA) is 134 Å². The van der Waals surface area contributed by atoms with Gasteiger partial charge in [-0.25, -0.2) is 24.6 Å². The van der Waals surface area contributed by atoms with Crippen molar-refractivity contribution in [3.05, 3.63) is 43.4 Å². The molecule has 0 radical (unpaired) electrons. The Morgan fingerprint density at radius 3 is 2.50 bits per heavy atom. The van der Waals surface area contributed by atoms with Crippen molar-refractivity contribution in [1.29, 1.82) is 0 Å². The number of morpholine rings is 1. The summed E-state index contributed by atoms with van der Waals surface area (Å²) in [5, 5.41) is 17.3. The standard InChI is InChI=1S/C26H31N13O/c1-35-5-3-21(4-6-35)38-15-19(11-31-38)18-9-28-26(29-10-18)37-7-8-40-22(16-37)17-39-25-24(33-34-39)27-13-23(32-25)20-12-30-36(2)14-20/h9-15,21-22H,3-8,16-17H2,1-2H3. The maximum atomic E-state index is 6.07. The SMILES string of the molecule is CN1CCC(n2cc(-c3cnc(N4CCOC(Cn5nnc6ncc(-c7cnn(C)c7)nc65)C4)nc3)cn2)CC1. The van der Waals surface area contributed by atoms with Crippen molar-refractivity contribution in [3.63, 3.8) is 0 Å². The number of hydrogen-bond acceptors (Lipinski definition) is 11. The minimum absolute atomic E-state index is 0.126. The highest BCUT2D eigenvalue weighted by molar-refractivity contribution is 5.69. The van der Waals surface area contributed by atoms with Gasteiger partial charge < -0.3 is 14.5 Å². The van der Waals surface area contributed by atoms with E-state index < -0.39 is 0 Å². The third-order valence-electron chi connectivity index (χ3n) is 7.66. The van der Waals surface area contributed by atoms with Crippen LogP contribution in [0.2, 0.25) is 0 Å². The van der Waals surface area contributed by atoms with Crippen molar-refractivity contribution in [1.82, 2.24) is 59.4 Å². The lowest BCUT2D eigenvalue weighted by Crippen LogP contribution is -2.45. The largest absolute Gasteiger partial charge is 0.373 e. The number of likely N-dealkylation sites (tertiary alicyclic amines) is 1. The predicted molar refractivity (Wildman–Crippen MR) is 146 cm³/mol. The van der Waals surface area contributed by atoms with Crippen LogP contribution in [0.4, 0.5) is 5.95 Å². The summed E-state index contributed by atoms with van der Waals surface area (Å²) in [6, 6.07) is 0.449. The van der Waals surface area contributed by atoms with Gasteiger partial charge in [-0.15, -0.1) is 5.10 Å². The van der Waals surface area contributed by atoms with Crippen molar-refractivity contribution in [2.75, 3.05) is 44.7 Å². The Labute approximate surface area is 230 Å². The van der Waals surface area contributed by atoms with E-state index in [0.717, 1.165) is 48.3 Å². The molecule has 0 aliphatic carbocycles. The quantitative estimate of drug-likeness (QED) is 0.309. The van der Waals surface area contributed by atoms with Gasteiger partial charge >= 0.3 is 0 Å². The maximum absolute atomic E-state index is 6.07. The molecule has 1 unspecified atom stereocenters. The summed E-state index contributed by atoms with van der Waals surface area (Å²) in [6.45, 7) is 4.61. The average Bonchev–Trinajstić information content (AvgIpc) is 3.74. The third kappa shape index (κ3) is 4.91. The van der Waals surface area contributed by atoms with Crippen molar-refractivity contribution >= 4 is 17.2 Å². The van der Waals surface area contributed by atoms with Crippen LogP contribution in [-0.4, -0.2) is 105 Å². The number of ether oxygens (including phenoxy) is 1. The molecule has 7 rings (SSSR count). The van der Waals surface area contributed by atoms with Crippen LogP contribution in [0.15, 0.2) is 43.4 Å². The number of rotatable bonds is 6. The second-order valence-corrected chi connectivity index (χ2v) is 10.5. The molecule has 14 heteroatoms. The number of piperidine rings is 1. The molecular formula is C26H31N13O. The number of aryl methyl sites for hydroxylation is 1. The zero-order chi connectivity index (χ0) is 27.1. The van der Waals surface area contributed by atoms with Gasteiger partial charge in [-0.05, 0) is 33.0 Å². The minimum Gasteiger partial charge on any atom is -0.373 e. The highest BCUT2D eigenvalue weighted by Gasteiger charge is 2.25. The molecule has 0 amide bonds. The van der Waals surface area contributed by atoms with Crippen LogP contribution in [0.25, 0.3) is 33.7 Å². The normalized spacial score (nSPS) is 19.1. The first-order valence-electron chi connectivity index (χ1n) is 13.6. The van der Waals surface area contributed by atoms with Gasteiger partial charge in [-0.3, -0.25) is 9.36 Å². The Kier molecular flexibility index (Phi) is 6.40. The maximum Gasteiger partial charge on any atom is 0.225 e. The smallest absolute Gasteiger partial charge is 0.225 e. The van der Waals surface area contributed by atoms with Gasteiger partial charge in [-0.2, -0.15) is 10.2 Å². The first kappa shape index (κ1) is 24.7. The molecule has 0 aromatic carbocycles. The fourth-order valence-electron chi connectivity index (χ4n) is 5.36. The summed E-state index contributed by atoms with van der Waals surface area (Å²) >= 11 is 0. The van der Waals surface area contributed by atoms with E-state index in [1.807, 2.05) is 31.8 Å². The molecule has 1 atom stereocenters. The van der Waals surface area contributed by atoms with Crippen LogP contribution in [0, 0.1) is 0 Å². The summed E-state index contributed by atoms with van der Waals surface area (Å²) < 4.78 is 11.7. The van der Waals surface area contributed by atoms with Gasteiger partial charge in [-0.1, -0.05) is 5.21 Å². The van der Waals surface area contributed by atoms with Crippen LogP contribution < -0.4 is 4.90 Å². The summed E-state index contributed by atoms with van der Waals surface area (Å²) in [7, 11) is 4.04. The number of fused-ring (bicyclic) bond motifs is 1. The Bertz CT molecular complexity index is 1600. The monoisotopic (exact) mass is 541 g/mol. The van der Waals surface area contributed by atoms with Crippen LogP contribution in [-0.2, 0) is 18.3 Å². The van der Waals surface area contributed by atoms with E-state index in [-0.39, 0.29) is 6.10 Å². The Morgan fingerprint density at radius 2 is 1.70 bits per heavy atom. The molecule has 2 aliphatic heterocycles. The number of anilines is 1. The van der Waals surface area contributed by atoms with Crippen molar-refractivity contribution in [3.8, 4) is 22.4 Å². The van der Waals surface area contributed by atoms with E-state index in [1.165, 1.54) is 0 Å². The molecular weight excluding hydrogens is 510 g/mol. The zero-order valence-corrected chi connectivity index (χ0v) is 22.6. The highest BCUT2D eigenvalue weighted by Crippen LogP contribution is 2.25. The van der Waals surface area contributed by atoms with Crippen LogP contribution >= 0.6 is 0 Å². The molecule has 14 nitrogen and oxygen atoms in total. The minimum atomic E-state index is -0.126. The molecule has 5 aromatic heterocycles. The molecule has 0 spiro atoms. The van der Waals surface area contributed by atoms with E-state index in [0.29, 0.717) is 49.5 Å². The molecule has 7 heterocycles. The fraction of sp³-hybridized carbons (Fsp3) is 0.462. The van der Waals surface area contributed by atoms with Crippen LogP contribution in [0.3, 0.4) is 0 Å². The van der Waals surface area contributed by atoms with E-state index >= 15 is 0 Å². The van der Waals surface area contributed by atoms with E-state index in [4.69, 9.17) is 9.72 Å². The van der Waals surface area contributed by atoms with Gasteiger partial charge in [0.1, 0.15) is 0 Å². The van der Waals surface area contributed by atoms with E-state index in [1.54, 1.807) is 21.8 Å². The Hall–Kier alpha value is -4.30. The van der Waals surface area contributed by atoms with E-state index in [2.05, 4.69) is 63.2 Å². The van der Waals surface area contributed by atoms with Crippen molar-refractivity contribution in [2.24, 2.45) is 7.05 Å². The van der Waals surface area contributed by atoms with E-state index in [9.17, 15) is 0 Å². The van der Waals surface area contributed by atoms with Crippen LogP contribution in [0.1, 0.15) is 18.9 Å². The van der Waals surface area contributed by atoms with Gasteiger partial charge in [0.2, 0.25) is 11.6 Å². The first-order valence-corrected chi connectivity index (χ1v) is 13.6. The van der Waals surface area contributed by atoms with Crippen molar-refractivity contribution in [2.45, 2.75) is 31.5 Å². The molecule has 5 aromatic rings. The molecule has 0 saturated carbocycles. The Balaban J connectivity index is 1.03. The highest BCUT2D eigenvalue weighted by atomic mass is 16.5. The molecule has 2 aliphatic rings.